The molecule has 0 spiro atoms. The van der Waals surface area contributed by atoms with E-state index in [2.05, 4.69) is 24.9 Å². The maximum absolute atomic E-state index is 10.1. The number of nitrogens with zero attached hydrogens (tertiary/aromatic N) is 5. The number of nitrogens with two attached hydrogens (primary N) is 1. The number of hydrogen-bond acceptors (Lipinski definition) is 9. The van der Waals surface area contributed by atoms with E-state index in [0.717, 1.165) is 17.9 Å². The van der Waals surface area contributed by atoms with Crippen molar-refractivity contribution in [1.29, 1.82) is 0 Å². The van der Waals surface area contributed by atoms with Crippen LogP contribution in [0, 0.1) is 0 Å². The monoisotopic (exact) mass is 377 g/mol. The Bertz CT molecular complexity index is 885. The Balaban J connectivity index is 1.64. The molecule has 4 heterocycles. The van der Waals surface area contributed by atoms with E-state index in [-0.39, 0.29) is 6.61 Å². The van der Waals surface area contributed by atoms with Gasteiger partial charge >= 0.3 is 0 Å². The number of fused-ring (bicyclic) bond motifs is 1. The van der Waals surface area contributed by atoms with Gasteiger partial charge in [0.15, 0.2) is 22.1 Å². The number of aryl methyl sites for hydroxylation is 1. The van der Waals surface area contributed by atoms with Crippen molar-refractivity contribution in [2.45, 2.75) is 36.4 Å². The molecule has 0 radical (unpaired) electrons. The van der Waals surface area contributed by atoms with E-state index in [9.17, 15) is 10.2 Å². The Hall–Kier alpha value is -2.21. The summed E-state index contributed by atoms with van der Waals surface area (Å²) in [6, 6.07) is 0. The molecule has 1 aliphatic heterocycles. The molecular weight excluding hydrogens is 358 g/mol. The van der Waals surface area contributed by atoms with Crippen LogP contribution in [0.5, 0.6) is 0 Å². The molecule has 0 bridgehead atoms. The predicted octanol–water partition coefficient (Wildman–Crippen LogP) is 0.107. The lowest BCUT2D eigenvalue weighted by Crippen LogP contribution is -2.24. The van der Waals surface area contributed by atoms with E-state index >= 15 is 0 Å². The first kappa shape index (κ1) is 17.2. The van der Waals surface area contributed by atoms with Gasteiger partial charge in [0.25, 0.3) is 0 Å². The molecule has 0 unspecified atom stereocenters. The zero-order valence-electron chi connectivity index (χ0n) is 13.8. The van der Waals surface area contributed by atoms with Crippen molar-refractivity contribution in [3.63, 3.8) is 0 Å². The van der Waals surface area contributed by atoms with Crippen molar-refractivity contribution in [2.24, 2.45) is 0 Å². The summed E-state index contributed by atoms with van der Waals surface area (Å²) in [5.41, 5.74) is 8.03. The minimum absolute atomic E-state index is 0.246. The van der Waals surface area contributed by atoms with E-state index in [1.165, 1.54) is 18.1 Å². The lowest BCUT2D eigenvalue weighted by atomic mass is 10.2. The van der Waals surface area contributed by atoms with Gasteiger partial charge in [0.1, 0.15) is 18.7 Å². The first-order chi connectivity index (χ1) is 12.7. The third-order valence-electron chi connectivity index (χ3n) is 4.30. The molecule has 1 fully saturated rings. The van der Waals surface area contributed by atoms with Crippen molar-refractivity contribution in [2.75, 3.05) is 18.1 Å². The molecule has 138 valence electrons. The average molecular weight is 377 g/mol. The number of ether oxygens (including phenoxy) is 1. The highest BCUT2D eigenvalue weighted by Crippen LogP contribution is 2.36. The Morgan fingerprint density at radius 2 is 2.31 bits per heavy atom. The van der Waals surface area contributed by atoms with Crippen LogP contribution in [-0.2, 0) is 11.2 Å². The fourth-order valence-corrected chi connectivity index (χ4v) is 3.98. The van der Waals surface area contributed by atoms with E-state index in [1.54, 1.807) is 12.5 Å². The van der Waals surface area contributed by atoms with Gasteiger partial charge in [-0.1, -0.05) is 11.8 Å². The molecule has 0 saturated carbocycles. The van der Waals surface area contributed by atoms with Crippen LogP contribution in [0.15, 0.2) is 24.0 Å². The van der Waals surface area contributed by atoms with E-state index in [4.69, 9.17) is 10.5 Å². The summed E-state index contributed by atoms with van der Waals surface area (Å²) in [4.78, 5) is 19.9. The van der Waals surface area contributed by atoms with Gasteiger partial charge in [0, 0.05) is 24.1 Å². The van der Waals surface area contributed by atoms with Gasteiger partial charge in [-0.25, -0.2) is 19.9 Å². The van der Waals surface area contributed by atoms with E-state index in [1.807, 2.05) is 4.57 Å². The second-order valence-corrected chi connectivity index (χ2v) is 7.05. The van der Waals surface area contributed by atoms with E-state index < -0.39 is 18.4 Å². The van der Waals surface area contributed by atoms with Crippen molar-refractivity contribution in [1.82, 2.24) is 29.5 Å². The second-order valence-electron chi connectivity index (χ2n) is 5.99. The van der Waals surface area contributed by atoms with Crippen LogP contribution in [0.4, 0.5) is 5.82 Å². The standard InChI is InChI=1S/C15H19N7O3S/c16-13-12-14(20-7-19-13)22(11-3-9(24)10(5-23)25-11)15(21-12)26-2-1-8-4-17-6-18-8/h4,6-7,9-11,23-24H,1-3,5H2,(H,17,18)(H2,16,19,20)/t9-,10+,11+/m0/s1. The van der Waals surface area contributed by atoms with E-state index in [0.29, 0.717) is 28.6 Å². The van der Waals surface area contributed by atoms with Crippen molar-refractivity contribution >= 4 is 28.7 Å². The van der Waals surface area contributed by atoms with Gasteiger partial charge in [0.05, 0.1) is 19.0 Å². The first-order valence-corrected chi connectivity index (χ1v) is 9.18. The number of imidazole rings is 2. The van der Waals surface area contributed by atoms with Gasteiger partial charge in [0.2, 0.25) is 0 Å². The number of aromatic nitrogens is 6. The molecule has 11 heteroatoms. The number of aliphatic hydroxyl groups is 2. The largest absolute Gasteiger partial charge is 0.394 e. The average Bonchev–Trinajstić information content (AvgIpc) is 3.34. The normalized spacial score (nSPS) is 23.1. The molecule has 3 atom stereocenters. The van der Waals surface area contributed by atoms with Gasteiger partial charge in [-0.05, 0) is 6.42 Å². The third kappa shape index (κ3) is 3.14. The number of hydrogen-bond donors (Lipinski definition) is 4. The quantitative estimate of drug-likeness (QED) is 0.439. The highest BCUT2D eigenvalue weighted by atomic mass is 32.2. The fraction of sp³-hybridized carbons (Fsp3) is 0.467. The number of H-pyrrole nitrogens is 1. The topological polar surface area (TPSA) is 148 Å². The molecule has 0 amide bonds. The highest BCUT2D eigenvalue weighted by Gasteiger charge is 2.36. The van der Waals surface area contributed by atoms with Crippen molar-refractivity contribution in [3.8, 4) is 0 Å². The molecule has 0 aromatic carbocycles. The van der Waals surface area contributed by atoms with Gasteiger partial charge in [-0.2, -0.15) is 0 Å². The summed E-state index contributed by atoms with van der Waals surface area (Å²) in [6.45, 7) is -0.246. The molecule has 26 heavy (non-hydrogen) atoms. The number of thioether (sulfide) groups is 1. The zero-order chi connectivity index (χ0) is 18.1. The Morgan fingerprint density at radius 3 is 3.04 bits per heavy atom. The Labute approximate surface area is 152 Å². The fourth-order valence-electron chi connectivity index (χ4n) is 2.98. The zero-order valence-corrected chi connectivity index (χ0v) is 14.6. The maximum Gasteiger partial charge on any atom is 0.172 e. The molecule has 1 aliphatic rings. The molecular formula is C15H19N7O3S. The third-order valence-corrected chi connectivity index (χ3v) is 5.26. The molecule has 3 aromatic rings. The molecule has 4 rings (SSSR count). The summed E-state index contributed by atoms with van der Waals surface area (Å²) in [7, 11) is 0. The van der Waals surface area contributed by atoms with Crippen LogP contribution >= 0.6 is 11.8 Å². The lowest BCUT2D eigenvalue weighted by Gasteiger charge is -2.16. The maximum atomic E-state index is 10.1. The number of rotatable bonds is 6. The summed E-state index contributed by atoms with van der Waals surface area (Å²) < 4.78 is 7.62. The summed E-state index contributed by atoms with van der Waals surface area (Å²) in [5.74, 6) is 1.05. The van der Waals surface area contributed by atoms with Crippen LogP contribution < -0.4 is 5.73 Å². The second kappa shape index (κ2) is 7.19. The van der Waals surface area contributed by atoms with Gasteiger partial charge in [-0.3, -0.25) is 4.57 Å². The highest BCUT2D eigenvalue weighted by molar-refractivity contribution is 7.99. The molecule has 5 N–H and O–H groups in total. The Kier molecular flexibility index (Phi) is 4.76. The summed E-state index contributed by atoms with van der Waals surface area (Å²) in [6.07, 6.45) is 4.10. The minimum Gasteiger partial charge on any atom is -0.394 e. The summed E-state index contributed by atoms with van der Waals surface area (Å²) in [5, 5.41) is 20.1. The van der Waals surface area contributed by atoms with Crippen molar-refractivity contribution < 1.29 is 14.9 Å². The lowest BCUT2D eigenvalue weighted by molar-refractivity contribution is -0.0457. The number of aromatic amines is 1. The van der Waals surface area contributed by atoms with Crippen LogP contribution in [0.3, 0.4) is 0 Å². The summed E-state index contributed by atoms with van der Waals surface area (Å²) >= 11 is 1.53. The van der Waals surface area contributed by atoms with Crippen LogP contribution in [0.2, 0.25) is 0 Å². The molecule has 10 nitrogen and oxygen atoms in total. The smallest absolute Gasteiger partial charge is 0.172 e. The number of nitrogens with one attached hydrogen (secondary N) is 1. The number of nitrogen functional groups attached to an aromatic ring is 1. The molecule has 0 aliphatic carbocycles. The van der Waals surface area contributed by atoms with Crippen LogP contribution in [0.1, 0.15) is 18.3 Å². The van der Waals surface area contributed by atoms with Gasteiger partial charge < -0.3 is 25.7 Å². The molecule has 1 saturated heterocycles. The SMILES string of the molecule is Nc1ncnc2c1nc(SCCc1cnc[nH]1)n2[C@H]1C[C@H](O)[C@@H](CO)O1. The van der Waals surface area contributed by atoms with Gasteiger partial charge in [-0.15, -0.1) is 0 Å². The van der Waals surface area contributed by atoms with Crippen LogP contribution in [-0.4, -0.2) is 64.3 Å². The Morgan fingerprint density at radius 1 is 1.42 bits per heavy atom. The number of aliphatic hydroxyl groups excluding tert-OH is 2. The van der Waals surface area contributed by atoms with Crippen molar-refractivity contribution in [3.05, 3.63) is 24.5 Å². The van der Waals surface area contributed by atoms with Crippen LogP contribution in [0.25, 0.3) is 11.2 Å². The first-order valence-electron chi connectivity index (χ1n) is 8.20. The number of anilines is 1. The minimum atomic E-state index is -0.746. The molecule has 3 aromatic heterocycles. The predicted molar refractivity (Wildman–Crippen MR) is 94.4 cm³/mol.